The zero-order valence-corrected chi connectivity index (χ0v) is 11.7. The van der Waals surface area contributed by atoms with Gasteiger partial charge >= 0.3 is 0 Å². The number of carbonyl (C=O) groups is 1. The number of amides is 1. The van der Waals surface area contributed by atoms with Gasteiger partial charge in [-0.2, -0.15) is 0 Å². The summed E-state index contributed by atoms with van der Waals surface area (Å²) in [6.07, 6.45) is 0. The molecule has 0 aliphatic heterocycles. The largest absolute Gasteiger partial charge is 0.398 e. The minimum Gasteiger partial charge on any atom is -0.398 e. The predicted molar refractivity (Wildman–Crippen MR) is 75.5 cm³/mol. The van der Waals surface area contributed by atoms with Crippen LogP contribution in [-0.4, -0.2) is 17.4 Å². The highest BCUT2D eigenvalue weighted by atomic mass is 32.1. The van der Waals surface area contributed by atoms with Crippen molar-refractivity contribution in [3.8, 4) is 0 Å². The molecule has 2 aromatic rings. The minimum atomic E-state index is -1.07. The first-order valence-electron chi connectivity index (χ1n) is 6.09. The quantitative estimate of drug-likeness (QED) is 0.880. The Morgan fingerprint density at radius 1 is 1.35 bits per heavy atom. The third-order valence-electron chi connectivity index (χ3n) is 2.92. The zero-order chi connectivity index (χ0) is 14.7. The molecule has 0 aliphatic carbocycles. The summed E-state index contributed by atoms with van der Waals surface area (Å²) in [6, 6.07) is 5.49. The molecule has 3 nitrogen and oxygen atoms in total. The lowest BCUT2D eigenvalue weighted by atomic mass is 10.1. The third-order valence-corrected chi connectivity index (χ3v) is 3.78. The number of thiophene rings is 1. The predicted octanol–water partition coefficient (Wildman–Crippen LogP) is 3.27. The van der Waals surface area contributed by atoms with E-state index in [0.717, 1.165) is 17.0 Å². The fourth-order valence-electron chi connectivity index (χ4n) is 1.84. The van der Waals surface area contributed by atoms with E-state index in [0.29, 0.717) is 13.1 Å². The summed E-state index contributed by atoms with van der Waals surface area (Å²) in [5, 5.41) is 1.92. The summed E-state index contributed by atoms with van der Waals surface area (Å²) in [4.78, 5) is 14.9. The molecule has 0 saturated carbocycles. The smallest absolute Gasteiger partial charge is 0.256 e. The van der Waals surface area contributed by atoms with Crippen molar-refractivity contribution in [2.75, 3.05) is 12.3 Å². The van der Waals surface area contributed by atoms with Gasteiger partial charge in [-0.05, 0) is 24.4 Å². The van der Waals surface area contributed by atoms with Crippen LogP contribution in [0.1, 0.15) is 22.2 Å². The molecule has 0 atom stereocenters. The van der Waals surface area contributed by atoms with Crippen molar-refractivity contribution in [2.45, 2.75) is 13.5 Å². The maximum absolute atomic E-state index is 13.3. The van der Waals surface area contributed by atoms with E-state index in [-0.39, 0.29) is 11.3 Å². The van der Waals surface area contributed by atoms with Crippen molar-refractivity contribution in [3.05, 3.63) is 51.7 Å². The van der Waals surface area contributed by atoms with Gasteiger partial charge in [-0.3, -0.25) is 4.79 Å². The highest BCUT2D eigenvalue weighted by molar-refractivity contribution is 7.09. The van der Waals surface area contributed by atoms with Gasteiger partial charge < -0.3 is 10.6 Å². The Hall–Kier alpha value is -1.95. The molecular weight excluding hydrogens is 282 g/mol. The number of benzene rings is 1. The van der Waals surface area contributed by atoms with E-state index < -0.39 is 17.5 Å². The van der Waals surface area contributed by atoms with Gasteiger partial charge in [0.2, 0.25) is 0 Å². The second-order valence-corrected chi connectivity index (χ2v) is 5.28. The second kappa shape index (κ2) is 6.00. The number of nitrogens with zero attached hydrogens (tertiary/aromatic N) is 1. The lowest BCUT2D eigenvalue weighted by Crippen LogP contribution is -2.30. The molecule has 0 unspecified atom stereocenters. The fourth-order valence-corrected chi connectivity index (χ4v) is 2.56. The second-order valence-electron chi connectivity index (χ2n) is 4.25. The molecule has 0 spiro atoms. The lowest BCUT2D eigenvalue weighted by molar-refractivity contribution is 0.0754. The van der Waals surface area contributed by atoms with Crippen molar-refractivity contribution in [2.24, 2.45) is 0 Å². The van der Waals surface area contributed by atoms with Crippen molar-refractivity contribution in [1.82, 2.24) is 4.90 Å². The molecule has 2 rings (SSSR count). The van der Waals surface area contributed by atoms with Gasteiger partial charge in [-0.1, -0.05) is 6.07 Å². The van der Waals surface area contributed by atoms with Crippen LogP contribution in [-0.2, 0) is 6.54 Å². The summed E-state index contributed by atoms with van der Waals surface area (Å²) < 4.78 is 26.3. The molecule has 0 saturated heterocycles. The Morgan fingerprint density at radius 3 is 2.65 bits per heavy atom. The Morgan fingerprint density at radius 2 is 2.05 bits per heavy atom. The topological polar surface area (TPSA) is 46.3 Å². The van der Waals surface area contributed by atoms with Gasteiger partial charge in [0.05, 0.1) is 12.1 Å². The average molecular weight is 296 g/mol. The number of anilines is 1. The molecule has 1 aromatic heterocycles. The summed E-state index contributed by atoms with van der Waals surface area (Å²) >= 11 is 1.53. The molecule has 0 bridgehead atoms. The average Bonchev–Trinajstić information content (AvgIpc) is 2.92. The zero-order valence-electron chi connectivity index (χ0n) is 10.9. The Labute approximate surface area is 119 Å². The maximum Gasteiger partial charge on any atom is 0.256 e. The molecule has 2 N–H and O–H groups in total. The summed E-state index contributed by atoms with van der Waals surface area (Å²) in [6.45, 7) is 2.70. The summed E-state index contributed by atoms with van der Waals surface area (Å²) in [5.41, 5.74) is 5.54. The van der Waals surface area contributed by atoms with E-state index >= 15 is 0 Å². The van der Waals surface area contributed by atoms with Crippen LogP contribution >= 0.6 is 11.3 Å². The van der Waals surface area contributed by atoms with Crippen LogP contribution in [0.25, 0.3) is 0 Å². The molecule has 1 aromatic carbocycles. The molecule has 20 heavy (non-hydrogen) atoms. The number of hydrogen-bond donors (Lipinski definition) is 1. The first kappa shape index (κ1) is 14.5. The van der Waals surface area contributed by atoms with Crippen molar-refractivity contribution in [3.63, 3.8) is 0 Å². The van der Waals surface area contributed by atoms with E-state index in [1.54, 1.807) is 0 Å². The monoisotopic (exact) mass is 296 g/mol. The van der Waals surface area contributed by atoms with Crippen molar-refractivity contribution in [1.29, 1.82) is 0 Å². The molecule has 1 amide bonds. The number of carbonyl (C=O) groups excluding carboxylic acids is 1. The highest BCUT2D eigenvalue weighted by Gasteiger charge is 2.19. The first-order valence-corrected chi connectivity index (χ1v) is 6.97. The number of rotatable bonds is 4. The Kier molecular flexibility index (Phi) is 4.34. The Bertz CT molecular complexity index is 614. The maximum atomic E-state index is 13.3. The van der Waals surface area contributed by atoms with Gasteiger partial charge in [-0.25, -0.2) is 8.78 Å². The van der Waals surface area contributed by atoms with E-state index in [1.165, 1.54) is 16.2 Å². The number of hydrogen-bond acceptors (Lipinski definition) is 3. The SMILES string of the molecule is CCN(Cc1cccs1)C(=O)c1cc(F)c(F)cc1N. The molecule has 6 heteroatoms. The van der Waals surface area contributed by atoms with Crippen molar-refractivity contribution >= 4 is 22.9 Å². The van der Waals surface area contributed by atoms with E-state index in [1.807, 2.05) is 24.4 Å². The minimum absolute atomic E-state index is 0.0118. The van der Waals surface area contributed by atoms with Gasteiger partial charge in [0.15, 0.2) is 11.6 Å². The molecule has 0 radical (unpaired) electrons. The van der Waals surface area contributed by atoms with E-state index in [4.69, 9.17) is 5.73 Å². The molecule has 1 heterocycles. The van der Waals surface area contributed by atoms with Gasteiger partial charge in [0.1, 0.15) is 0 Å². The van der Waals surface area contributed by atoms with E-state index in [2.05, 4.69) is 0 Å². The molecule has 106 valence electrons. The number of nitrogen functional groups attached to an aromatic ring is 1. The number of nitrogens with two attached hydrogens (primary N) is 1. The van der Waals surface area contributed by atoms with Gasteiger partial charge in [0.25, 0.3) is 5.91 Å². The summed E-state index contributed by atoms with van der Waals surface area (Å²) in [7, 11) is 0. The molecular formula is C14H14F2N2OS. The van der Waals surface area contributed by atoms with Crippen LogP contribution < -0.4 is 5.73 Å². The fraction of sp³-hybridized carbons (Fsp3) is 0.214. The highest BCUT2D eigenvalue weighted by Crippen LogP contribution is 2.20. The van der Waals surface area contributed by atoms with Crippen LogP contribution in [0.2, 0.25) is 0 Å². The van der Waals surface area contributed by atoms with E-state index in [9.17, 15) is 13.6 Å². The van der Waals surface area contributed by atoms with Gasteiger partial charge in [-0.15, -0.1) is 11.3 Å². The normalized spacial score (nSPS) is 10.6. The van der Waals surface area contributed by atoms with Gasteiger partial charge in [0, 0.05) is 23.2 Å². The summed E-state index contributed by atoms with van der Waals surface area (Å²) in [5.74, 6) is -2.53. The number of halogens is 2. The van der Waals surface area contributed by atoms with Crippen LogP contribution in [0.3, 0.4) is 0 Å². The molecule has 0 aliphatic rings. The van der Waals surface area contributed by atoms with Crippen LogP contribution in [0.5, 0.6) is 0 Å². The first-order chi connectivity index (χ1) is 9.52. The van der Waals surface area contributed by atoms with Crippen LogP contribution in [0, 0.1) is 11.6 Å². The Balaban J connectivity index is 2.26. The van der Waals surface area contributed by atoms with Crippen LogP contribution in [0.15, 0.2) is 29.6 Å². The molecule has 0 fully saturated rings. The van der Waals surface area contributed by atoms with Crippen LogP contribution in [0.4, 0.5) is 14.5 Å². The lowest BCUT2D eigenvalue weighted by Gasteiger charge is -2.21. The standard InChI is InChI=1S/C14H14F2N2OS/c1-2-18(8-9-4-3-5-20-9)14(19)10-6-11(15)12(16)7-13(10)17/h3-7H,2,8,17H2,1H3. The third kappa shape index (κ3) is 2.96. The van der Waals surface area contributed by atoms with Crippen molar-refractivity contribution < 1.29 is 13.6 Å².